The molecule has 1 fully saturated rings. The summed E-state index contributed by atoms with van der Waals surface area (Å²) < 4.78 is 19.5. The van der Waals surface area contributed by atoms with Gasteiger partial charge in [-0.2, -0.15) is 0 Å². The lowest BCUT2D eigenvalue weighted by atomic mass is 9.80. The van der Waals surface area contributed by atoms with Crippen molar-refractivity contribution in [3.8, 4) is 0 Å². The molecular formula is C26H28FNO. The van der Waals surface area contributed by atoms with Crippen molar-refractivity contribution >= 4 is 0 Å². The number of hydrogen-bond donors (Lipinski definition) is 0. The van der Waals surface area contributed by atoms with E-state index in [4.69, 9.17) is 4.74 Å². The van der Waals surface area contributed by atoms with Gasteiger partial charge >= 0.3 is 0 Å². The van der Waals surface area contributed by atoms with E-state index in [1.807, 2.05) is 30.3 Å². The lowest BCUT2D eigenvalue weighted by Gasteiger charge is -2.39. The number of ether oxygens (including phenoxy) is 1. The van der Waals surface area contributed by atoms with Gasteiger partial charge in [0.25, 0.3) is 0 Å². The van der Waals surface area contributed by atoms with Crippen molar-refractivity contribution in [2.75, 3.05) is 19.7 Å². The highest BCUT2D eigenvalue weighted by Crippen LogP contribution is 2.34. The molecule has 0 N–H and O–H groups in total. The average molecular weight is 390 g/mol. The van der Waals surface area contributed by atoms with Crippen LogP contribution in [0, 0.1) is 11.7 Å². The van der Waals surface area contributed by atoms with E-state index in [-0.39, 0.29) is 5.82 Å². The van der Waals surface area contributed by atoms with Gasteiger partial charge in [0.05, 0.1) is 13.2 Å². The number of piperidine rings is 1. The van der Waals surface area contributed by atoms with E-state index in [9.17, 15) is 4.39 Å². The Kier molecular flexibility index (Phi) is 6.71. The van der Waals surface area contributed by atoms with E-state index < -0.39 is 0 Å². The lowest BCUT2D eigenvalue weighted by molar-refractivity contribution is 0.0385. The van der Waals surface area contributed by atoms with Crippen LogP contribution in [-0.2, 0) is 17.9 Å². The Balaban J connectivity index is 1.43. The third-order valence-electron chi connectivity index (χ3n) is 5.81. The first-order chi connectivity index (χ1) is 14.3. The molecule has 29 heavy (non-hydrogen) atoms. The number of benzene rings is 3. The van der Waals surface area contributed by atoms with Crippen molar-refractivity contribution in [2.24, 2.45) is 5.92 Å². The zero-order chi connectivity index (χ0) is 19.9. The lowest BCUT2D eigenvalue weighted by Crippen LogP contribution is -2.41. The molecule has 150 valence electrons. The molecule has 1 saturated heterocycles. The van der Waals surface area contributed by atoms with Crippen LogP contribution in [0.5, 0.6) is 0 Å². The number of rotatable bonds is 7. The van der Waals surface area contributed by atoms with Gasteiger partial charge in [-0.25, -0.2) is 4.39 Å². The molecule has 1 aliphatic rings. The Hall–Kier alpha value is -2.49. The highest BCUT2D eigenvalue weighted by atomic mass is 19.1. The van der Waals surface area contributed by atoms with Crippen LogP contribution < -0.4 is 0 Å². The molecule has 0 aliphatic carbocycles. The molecule has 0 amide bonds. The first kappa shape index (κ1) is 19.8. The number of nitrogens with zero attached hydrogens (tertiary/aromatic N) is 1. The maximum atomic E-state index is 13.4. The molecule has 0 saturated carbocycles. The fourth-order valence-corrected chi connectivity index (χ4v) is 4.31. The molecule has 4 rings (SSSR count). The molecule has 3 aromatic rings. The topological polar surface area (TPSA) is 12.5 Å². The van der Waals surface area contributed by atoms with Crippen molar-refractivity contribution in [2.45, 2.75) is 25.5 Å². The minimum atomic E-state index is -0.174. The Morgan fingerprint density at radius 2 is 1.48 bits per heavy atom. The third-order valence-corrected chi connectivity index (χ3v) is 5.81. The maximum Gasteiger partial charge on any atom is 0.123 e. The number of halogens is 1. The molecule has 2 atom stereocenters. The average Bonchev–Trinajstić information content (AvgIpc) is 2.76. The minimum absolute atomic E-state index is 0.174. The zero-order valence-corrected chi connectivity index (χ0v) is 16.7. The highest BCUT2D eigenvalue weighted by molar-refractivity contribution is 5.23. The van der Waals surface area contributed by atoms with Crippen LogP contribution in [0.3, 0.4) is 0 Å². The van der Waals surface area contributed by atoms with Gasteiger partial charge < -0.3 is 4.74 Å². The van der Waals surface area contributed by atoms with Crippen molar-refractivity contribution in [1.82, 2.24) is 4.90 Å². The van der Waals surface area contributed by atoms with E-state index in [1.54, 1.807) is 12.1 Å². The summed E-state index contributed by atoms with van der Waals surface area (Å²) in [5, 5.41) is 0. The number of hydrogen-bond acceptors (Lipinski definition) is 2. The van der Waals surface area contributed by atoms with Gasteiger partial charge in [-0.05, 0) is 47.7 Å². The quantitative estimate of drug-likeness (QED) is 0.518. The first-order valence-corrected chi connectivity index (χ1v) is 10.4. The molecule has 0 aromatic heterocycles. The number of likely N-dealkylation sites (tertiary alicyclic amines) is 1. The predicted molar refractivity (Wildman–Crippen MR) is 115 cm³/mol. The molecule has 3 aromatic carbocycles. The fourth-order valence-electron chi connectivity index (χ4n) is 4.31. The van der Waals surface area contributed by atoms with Gasteiger partial charge in [-0.15, -0.1) is 0 Å². The van der Waals surface area contributed by atoms with Crippen LogP contribution in [0.1, 0.15) is 29.0 Å². The van der Waals surface area contributed by atoms with Gasteiger partial charge in [0, 0.05) is 19.0 Å². The van der Waals surface area contributed by atoms with Gasteiger partial charge in [0.2, 0.25) is 0 Å². The summed E-state index contributed by atoms with van der Waals surface area (Å²) in [4.78, 5) is 2.52. The monoisotopic (exact) mass is 389 g/mol. The molecule has 1 aliphatic heterocycles. The Morgan fingerprint density at radius 3 is 2.17 bits per heavy atom. The molecule has 0 bridgehead atoms. The van der Waals surface area contributed by atoms with Crippen LogP contribution in [0.15, 0.2) is 84.9 Å². The van der Waals surface area contributed by atoms with E-state index in [0.29, 0.717) is 25.0 Å². The molecule has 2 nitrogen and oxygen atoms in total. The van der Waals surface area contributed by atoms with E-state index in [2.05, 4.69) is 47.4 Å². The molecule has 3 heteroatoms. The van der Waals surface area contributed by atoms with Crippen molar-refractivity contribution < 1.29 is 9.13 Å². The van der Waals surface area contributed by atoms with Crippen LogP contribution in [0.4, 0.5) is 4.39 Å². The van der Waals surface area contributed by atoms with E-state index in [0.717, 1.165) is 26.1 Å². The molecule has 0 unspecified atom stereocenters. The van der Waals surface area contributed by atoms with Crippen LogP contribution in [0.2, 0.25) is 0 Å². The second-order valence-corrected chi connectivity index (χ2v) is 7.93. The Morgan fingerprint density at radius 1 is 0.828 bits per heavy atom. The molecule has 0 radical (unpaired) electrons. The minimum Gasteiger partial charge on any atom is -0.376 e. The van der Waals surface area contributed by atoms with Crippen LogP contribution in [-0.4, -0.2) is 24.6 Å². The van der Waals surface area contributed by atoms with Gasteiger partial charge in [0.15, 0.2) is 0 Å². The second-order valence-electron chi connectivity index (χ2n) is 7.93. The van der Waals surface area contributed by atoms with Gasteiger partial charge in [-0.1, -0.05) is 72.8 Å². The summed E-state index contributed by atoms with van der Waals surface area (Å²) in [6.07, 6.45) is 1.07. The first-order valence-electron chi connectivity index (χ1n) is 10.4. The van der Waals surface area contributed by atoms with Gasteiger partial charge in [-0.3, -0.25) is 4.90 Å². The Bertz CT molecular complexity index is 866. The molecular weight excluding hydrogens is 361 g/mol. The van der Waals surface area contributed by atoms with Crippen LogP contribution in [0.25, 0.3) is 0 Å². The highest BCUT2D eigenvalue weighted by Gasteiger charge is 2.30. The smallest absolute Gasteiger partial charge is 0.123 e. The zero-order valence-electron chi connectivity index (χ0n) is 16.7. The van der Waals surface area contributed by atoms with Crippen molar-refractivity contribution in [1.29, 1.82) is 0 Å². The molecule has 0 spiro atoms. The Labute approximate surface area is 172 Å². The maximum absolute atomic E-state index is 13.4. The van der Waals surface area contributed by atoms with Gasteiger partial charge in [0.1, 0.15) is 5.82 Å². The summed E-state index contributed by atoms with van der Waals surface area (Å²) in [6, 6.07) is 28.0. The van der Waals surface area contributed by atoms with Crippen molar-refractivity contribution in [3.63, 3.8) is 0 Å². The standard InChI is InChI=1S/C26H28FNO/c27-25-13-11-23(12-14-25)26-15-16-28(17-21-7-3-1-4-8-21)18-24(26)20-29-19-22-9-5-2-6-10-22/h1-14,24,26H,15-20H2/t24-,26+/m0/s1. The SMILES string of the molecule is Fc1ccc([C@H]2CCN(Cc3ccccc3)C[C@H]2COCc2ccccc2)cc1. The second kappa shape index (κ2) is 9.82. The third kappa shape index (κ3) is 5.53. The van der Waals surface area contributed by atoms with E-state index in [1.165, 1.54) is 16.7 Å². The normalized spacial score (nSPS) is 19.9. The summed E-state index contributed by atoms with van der Waals surface area (Å²) in [6.45, 7) is 4.35. The molecule has 1 heterocycles. The summed E-state index contributed by atoms with van der Waals surface area (Å²) >= 11 is 0. The summed E-state index contributed by atoms with van der Waals surface area (Å²) in [5.41, 5.74) is 3.76. The van der Waals surface area contributed by atoms with Crippen molar-refractivity contribution in [3.05, 3.63) is 107 Å². The summed E-state index contributed by atoms with van der Waals surface area (Å²) in [5.74, 6) is 0.618. The summed E-state index contributed by atoms with van der Waals surface area (Å²) in [7, 11) is 0. The van der Waals surface area contributed by atoms with Crippen LogP contribution >= 0.6 is 0 Å². The fraction of sp³-hybridized carbons (Fsp3) is 0.308. The predicted octanol–water partition coefficient (Wildman–Crippen LogP) is 5.65. The van der Waals surface area contributed by atoms with E-state index >= 15 is 0 Å². The largest absolute Gasteiger partial charge is 0.376 e.